The molecule has 7 nitrogen and oxygen atoms in total. The average molecular weight is 427 g/mol. The molecule has 0 radical (unpaired) electrons. The molecule has 0 spiro atoms. The van der Waals surface area contributed by atoms with Gasteiger partial charge in [-0.05, 0) is 44.4 Å². The summed E-state index contributed by atoms with van der Waals surface area (Å²) in [6.45, 7) is 7.41. The maximum absolute atomic E-state index is 12.0. The van der Waals surface area contributed by atoms with Gasteiger partial charge in [0.1, 0.15) is 17.4 Å². The molecule has 0 saturated carbocycles. The highest BCUT2D eigenvalue weighted by molar-refractivity contribution is 5.75. The summed E-state index contributed by atoms with van der Waals surface area (Å²) in [6.07, 6.45) is 0.193. The highest BCUT2D eigenvalue weighted by atomic mass is 16.6. The van der Waals surface area contributed by atoms with Gasteiger partial charge in [0.15, 0.2) is 0 Å². The zero-order valence-electron chi connectivity index (χ0n) is 18.3. The number of nitrogens with zero attached hydrogens (tertiary/aromatic N) is 1. The quantitative estimate of drug-likeness (QED) is 0.618. The minimum atomic E-state index is -0.866. The Labute approximate surface area is 183 Å². The summed E-state index contributed by atoms with van der Waals surface area (Å²) in [5, 5.41) is 12.5. The predicted molar refractivity (Wildman–Crippen MR) is 117 cm³/mol. The first-order valence-corrected chi connectivity index (χ1v) is 10.5. The fourth-order valence-corrected chi connectivity index (χ4v) is 3.64. The van der Waals surface area contributed by atoms with Crippen molar-refractivity contribution < 1.29 is 24.2 Å². The molecule has 3 rings (SSSR count). The van der Waals surface area contributed by atoms with Crippen LogP contribution in [0.5, 0.6) is 5.75 Å². The van der Waals surface area contributed by atoms with Crippen molar-refractivity contribution in [1.29, 1.82) is 0 Å². The molecule has 1 atom stereocenters. The predicted octanol–water partition coefficient (Wildman–Crippen LogP) is 4.12. The van der Waals surface area contributed by atoms with Crippen molar-refractivity contribution in [2.24, 2.45) is 0 Å². The second-order valence-electron chi connectivity index (χ2n) is 8.58. The van der Waals surface area contributed by atoms with Crippen LogP contribution in [-0.2, 0) is 22.6 Å². The maximum Gasteiger partial charge on any atom is 0.407 e. The second kappa shape index (κ2) is 9.83. The number of ether oxygens (including phenoxy) is 2. The van der Waals surface area contributed by atoms with Gasteiger partial charge >= 0.3 is 12.1 Å². The molecule has 0 fully saturated rings. The highest BCUT2D eigenvalue weighted by Crippen LogP contribution is 2.36. The molecule has 166 valence electrons. The standard InChI is InChI=1S/C24H30N2O5/c1-24(2,3)31-23(29)25-13-8-14-30-20-12-7-11-18-15-26(16-19(18)20)21(22(27)28)17-9-5-4-6-10-17/h4-7,9-12,21H,8,13-16H2,1-3H3,(H,25,29)(H,27,28)/t21-/m0/s1. The van der Waals surface area contributed by atoms with Crippen LogP contribution in [0.4, 0.5) is 4.79 Å². The summed E-state index contributed by atoms with van der Waals surface area (Å²) >= 11 is 0. The van der Waals surface area contributed by atoms with Gasteiger partial charge in [-0.3, -0.25) is 9.69 Å². The normalized spacial score (nSPS) is 14.5. The van der Waals surface area contributed by atoms with Crippen molar-refractivity contribution >= 4 is 12.1 Å². The minimum Gasteiger partial charge on any atom is -0.493 e. The van der Waals surface area contributed by atoms with Gasteiger partial charge in [-0.2, -0.15) is 0 Å². The van der Waals surface area contributed by atoms with Gasteiger partial charge in [-0.15, -0.1) is 0 Å². The molecule has 31 heavy (non-hydrogen) atoms. The molecule has 2 N–H and O–H groups in total. The summed E-state index contributed by atoms with van der Waals surface area (Å²) in [6, 6.07) is 14.4. The van der Waals surface area contributed by atoms with E-state index in [0.29, 0.717) is 32.7 Å². The van der Waals surface area contributed by atoms with E-state index in [0.717, 1.165) is 22.4 Å². The Balaban J connectivity index is 1.56. The number of benzene rings is 2. The molecule has 0 bridgehead atoms. The number of aliphatic carboxylic acids is 1. The summed E-state index contributed by atoms with van der Waals surface area (Å²) in [7, 11) is 0. The van der Waals surface area contributed by atoms with Crippen molar-refractivity contribution in [3.8, 4) is 5.75 Å². The van der Waals surface area contributed by atoms with Crippen LogP contribution in [0.1, 0.15) is 49.9 Å². The summed E-state index contributed by atoms with van der Waals surface area (Å²) in [5.74, 6) is -0.107. The first-order valence-electron chi connectivity index (χ1n) is 10.5. The number of carbonyl (C=O) groups excluding carboxylic acids is 1. The molecular formula is C24H30N2O5. The van der Waals surface area contributed by atoms with Gasteiger partial charge in [0.05, 0.1) is 6.61 Å². The van der Waals surface area contributed by atoms with Crippen LogP contribution in [0.25, 0.3) is 0 Å². The fourth-order valence-electron chi connectivity index (χ4n) is 3.64. The molecule has 0 aromatic heterocycles. The lowest BCUT2D eigenvalue weighted by Gasteiger charge is -2.24. The molecular weight excluding hydrogens is 396 g/mol. The third kappa shape index (κ3) is 6.21. The Kier molecular flexibility index (Phi) is 7.17. The number of hydrogen-bond acceptors (Lipinski definition) is 5. The third-order valence-electron chi connectivity index (χ3n) is 4.93. The number of fused-ring (bicyclic) bond motifs is 1. The largest absolute Gasteiger partial charge is 0.493 e. The number of rotatable bonds is 8. The van der Waals surface area contributed by atoms with Crippen molar-refractivity contribution in [3.05, 3.63) is 65.2 Å². The summed E-state index contributed by atoms with van der Waals surface area (Å²) in [5.41, 5.74) is 2.33. The van der Waals surface area contributed by atoms with Crippen molar-refractivity contribution in [3.63, 3.8) is 0 Å². The van der Waals surface area contributed by atoms with Crippen LogP contribution >= 0.6 is 0 Å². The molecule has 0 aliphatic carbocycles. The Morgan fingerprint density at radius 2 is 1.84 bits per heavy atom. The molecule has 1 amide bonds. The van der Waals surface area contributed by atoms with Crippen molar-refractivity contribution in [2.75, 3.05) is 13.2 Å². The van der Waals surface area contributed by atoms with Crippen molar-refractivity contribution in [1.82, 2.24) is 10.2 Å². The number of amides is 1. The molecule has 1 aliphatic heterocycles. The van der Waals surface area contributed by atoms with Gasteiger partial charge in [-0.1, -0.05) is 42.5 Å². The zero-order valence-corrected chi connectivity index (χ0v) is 18.3. The minimum absolute atomic E-state index is 0.438. The smallest absolute Gasteiger partial charge is 0.407 e. The number of carboxylic acids is 1. The first-order chi connectivity index (χ1) is 14.7. The van der Waals surface area contributed by atoms with E-state index in [1.54, 1.807) is 0 Å². The lowest BCUT2D eigenvalue weighted by molar-refractivity contribution is -0.143. The molecule has 1 heterocycles. The van der Waals surface area contributed by atoms with E-state index in [4.69, 9.17) is 9.47 Å². The zero-order chi connectivity index (χ0) is 22.4. The average Bonchev–Trinajstić information content (AvgIpc) is 3.11. The number of nitrogens with one attached hydrogen (secondary N) is 1. The van der Waals surface area contributed by atoms with E-state index in [2.05, 4.69) is 5.32 Å². The lowest BCUT2D eigenvalue weighted by Crippen LogP contribution is -2.33. The van der Waals surface area contributed by atoms with Gasteiger partial charge in [0, 0.05) is 25.2 Å². The van der Waals surface area contributed by atoms with Gasteiger partial charge in [-0.25, -0.2) is 4.79 Å². The summed E-state index contributed by atoms with van der Waals surface area (Å²) in [4.78, 5) is 25.6. The van der Waals surface area contributed by atoms with Gasteiger partial charge in [0.2, 0.25) is 0 Å². The Morgan fingerprint density at radius 3 is 2.52 bits per heavy atom. The van der Waals surface area contributed by atoms with Crippen LogP contribution in [0, 0.1) is 0 Å². The van der Waals surface area contributed by atoms with E-state index in [-0.39, 0.29) is 0 Å². The molecule has 2 aromatic carbocycles. The summed E-state index contributed by atoms with van der Waals surface area (Å²) < 4.78 is 11.2. The number of alkyl carbamates (subject to hydrolysis) is 1. The Bertz CT molecular complexity index is 908. The topological polar surface area (TPSA) is 88.1 Å². The third-order valence-corrected chi connectivity index (χ3v) is 4.93. The SMILES string of the molecule is CC(C)(C)OC(=O)NCCCOc1cccc2c1CN([C@H](C(=O)O)c1ccccc1)C2. The van der Waals surface area contributed by atoms with E-state index in [9.17, 15) is 14.7 Å². The molecule has 1 aliphatic rings. The number of hydrogen-bond donors (Lipinski definition) is 2. The van der Waals surface area contributed by atoms with Crippen LogP contribution < -0.4 is 10.1 Å². The number of carbonyl (C=O) groups is 2. The fraction of sp³-hybridized carbons (Fsp3) is 0.417. The van der Waals surface area contributed by atoms with E-state index in [1.807, 2.05) is 74.2 Å². The van der Waals surface area contributed by atoms with E-state index >= 15 is 0 Å². The van der Waals surface area contributed by atoms with E-state index in [1.165, 1.54) is 0 Å². The second-order valence-corrected chi connectivity index (χ2v) is 8.58. The van der Waals surface area contributed by atoms with Crippen LogP contribution in [0.2, 0.25) is 0 Å². The van der Waals surface area contributed by atoms with E-state index < -0.39 is 23.7 Å². The monoisotopic (exact) mass is 426 g/mol. The van der Waals surface area contributed by atoms with Gasteiger partial charge in [0.25, 0.3) is 0 Å². The Morgan fingerprint density at radius 1 is 1.10 bits per heavy atom. The number of carboxylic acid groups (broad SMARTS) is 1. The highest BCUT2D eigenvalue weighted by Gasteiger charge is 2.33. The van der Waals surface area contributed by atoms with Crippen LogP contribution in [0.15, 0.2) is 48.5 Å². The molecule has 0 saturated heterocycles. The first kappa shape index (κ1) is 22.6. The van der Waals surface area contributed by atoms with Crippen LogP contribution in [0.3, 0.4) is 0 Å². The maximum atomic E-state index is 12.0. The van der Waals surface area contributed by atoms with Crippen molar-refractivity contribution in [2.45, 2.75) is 51.9 Å². The van der Waals surface area contributed by atoms with Gasteiger partial charge < -0.3 is 19.9 Å². The molecule has 7 heteroatoms. The molecule has 2 aromatic rings. The lowest BCUT2D eigenvalue weighted by atomic mass is 10.1. The molecule has 0 unspecified atom stereocenters. The Hall–Kier alpha value is -3.06. The van der Waals surface area contributed by atoms with Crippen LogP contribution in [-0.4, -0.2) is 40.8 Å².